The van der Waals surface area contributed by atoms with Crippen molar-refractivity contribution in [3.05, 3.63) is 66.2 Å². The molecule has 1 N–H and O–H groups in total. The zero-order chi connectivity index (χ0) is 19.6. The van der Waals surface area contributed by atoms with E-state index >= 15 is 0 Å². The number of carbonyl (C=O) groups is 1. The first-order valence-electron chi connectivity index (χ1n) is 9.83. The Morgan fingerprint density at radius 1 is 1.04 bits per heavy atom. The van der Waals surface area contributed by atoms with E-state index < -0.39 is 0 Å². The molecule has 2 aromatic carbocycles. The van der Waals surface area contributed by atoms with Crippen molar-refractivity contribution in [2.75, 3.05) is 51.7 Å². The molecule has 1 amide bonds. The van der Waals surface area contributed by atoms with Crippen LogP contribution in [0.1, 0.15) is 12.0 Å². The molecule has 0 atom stereocenters. The number of carbonyl (C=O) groups excluding carboxylic acids is 1. The van der Waals surface area contributed by atoms with Crippen LogP contribution < -0.4 is 10.1 Å². The smallest absolute Gasteiger partial charge is 0.225 e. The van der Waals surface area contributed by atoms with E-state index in [1.165, 1.54) is 5.56 Å². The van der Waals surface area contributed by atoms with E-state index in [4.69, 9.17) is 4.74 Å². The van der Waals surface area contributed by atoms with Gasteiger partial charge in [0.25, 0.3) is 0 Å². The van der Waals surface area contributed by atoms with Crippen molar-refractivity contribution in [3.8, 4) is 5.75 Å². The first-order chi connectivity index (χ1) is 13.7. The molecule has 148 valence electrons. The van der Waals surface area contributed by atoms with Crippen LogP contribution in [0.25, 0.3) is 6.08 Å². The van der Waals surface area contributed by atoms with Crippen LogP contribution in [0, 0.1) is 0 Å². The van der Waals surface area contributed by atoms with Gasteiger partial charge in [0.15, 0.2) is 0 Å². The van der Waals surface area contributed by atoms with Crippen molar-refractivity contribution in [3.63, 3.8) is 0 Å². The second kappa shape index (κ2) is 10.6. The van der Waals surface area contributed by atoms with E-state index in [-0.39, 0.29) is 5.91 Å². The second-order valence-corrected chi connectivity index (χ2v) is 6.99. The van der Waals surface area contributed by atoms with Crippen LogP contribution in [0.2, 0.25) is 0 Å². The third-order valence-electron chi connectivity index (χ3n) is 4.95. The minimum absolute atomic E-state index is 0.0430. The van der Waals surface area contributed by atoms with Gasteiger partial charge in [-0.05, 0) is 17.7 Å². The van der Waals surface area contributed by atoms with Gasteiger partial charge >= 0.3 is 0 Å². The Labute approximate surface area is 167 Å². The predicted molar refractivity (Wildman–Crippen MR) is 115 cm³/mol. The lowest BCUT2D eigenvalue weighted by Crippen LogP contribution is -2.46. The molecular weight excluding hydrogens is 350 g/mol. The van der Waals surface area contributed by atoms with Gasteiger partial charge < -0.3 is 15.0 Å². The second-order valence-electron chi connectivity index (χ2n) is 6.99. The van der Waals surface area contributed by atoms with Crippen molar-refractivity contribution in [1.82, 2.24) is 9.80 Å². The Kier molecular flexibility index (Phi) is 7.64. The number of methoxy groups -OCH3 is 1. The molecule has 2 aromatic rings. The van der Waals surface area contributed by atoms with Crippen LogP contribution in [0.15, 0.2) is 60.7 Å². The minimum Gasteiger partial charge on any atom is -0.497 e. The topological polar surface area (TPSA) is 44.8 Å². The van der Waals surface area contributed by atoms with E-state index in [9.17, 15) is 4.79 Å². The monoisotopic (exact) mass is 379 g/mol. The summed E-state index contributed by atoms with van der Waals surface area (Å²) in [5.74, 6) is 0.789. The van der Waals surface area contributed by atoms with E-state index in [1.807, 2.05) is 30.3 Å². The number of amides is 1. The Hall–Kier alpha value is -2.63. The van der Waals surface area contributed by atoms with Crippen LogP contribution in [0.4, 0.5) is 5.69 Å². The van der Waals surface area contributed by atoms with Crippen LogP contribution in [-0.4, -0.2) is 62.1 Å². The normalized spacial score (nSPS) is 15.6. The fourth-order valence-electron chi connectivity index (χ4n) is 3.28. The maximum absolute atomic E-state index is 12.2. The molecule has 3 rings (SSSR count). The number of rotatable bonds is 8. The zero-order valence-corrected chi connectivity index (χ0v) is 16.5. The van der Waals surface area contributed by atoms with E-state index in [2.05, 4.69) is 51.5 Å². The third-order valence-corrected chi connectivity index (χ3v) is 4.95. The Balaban J connectivity index is 1.34. The summed E-state index contributed by atoms with van der Waals surface area (Å²) in [6, 6.07) is 17.8. The Bertz CT molecular complexity index is 768. The molecule has 5 nitrogen and oxygen atoms in total. The highest BCUT2D eigenvalue weighted by atomic mass is 16.5. The number of hydrogen-bond donors (Lipinski definition) is 1. The molecular formula is C23H29N3O2. The summed E-state index contributed by atoms with van der Waals surface area (Å²) >= 11 is 0. The summed E-state index contributed by atoms with van der Waals surface area (Å²) in [6.45, 7) is 5.85. The maximum atomic E-state index is 12.2. The molecule has 1 fully saturated rings. The molecule has 0 unspecified atom stereocenters. The van der Waals surface area contributed by atoms with Crippen molar-refractivity contribution >= 4 is 17.7 Å². The summed E-state index contributed by atoms with van der Waals surface area (Å²) in [6.07, 6.45) is 4.91. The molecule has 1 heterocycles. The van der Waals surface area contributed by atoms with Gasteiger partial charge in [-0.25, -0.2) is 0 Å². The molecule has 0 aliphatic carbocycles. The molecule has 1 saturated heterocycles. The number of piperazine rings is 1. The van der Waals surface area contributed by atoms with Gasteiger partial charge in [0.1, 0.15) is 5.75 Å². The van der Waals surface area contributed by atoms with Crippen LogP contribution in [0.3, 0.4) is 0 Å². The third kappa shape index (κ3) is 6.51. The summed E-state index contributed by atoms with van der Waals surface area (Å²) in [7, 11) is 1.62. The summed E-state index contributed by atoms with van der Waals surface area (Å²) in [5.41, 5.74) is 2.02. The maximum Gasteiger partial charge on any atom is 0.225 e. The molecule has 1 aliphatic rings. The standard InChI is InChI=1S/C23H29N3O2/c1-28-22-11-5-10-21(19-22)24-23(27)12-14-26-17-15-25(16-18-26)13-6-9-20-7-3-2-4-8-20/h2-11,19H,12-18H2,1H3,(H,24,27). The number of anilines is 1. The number of benzene rings is 2. The van der Waals surface area contributed by atoms with Gasteiger partial charge in [-0.3, -0.25) is 9.69 Å². The van der Waals surface area contributed by atoms with Gasteiger partial charge in [0.2, 0.25) is 5.91 Å². The summed E-state index contributed by atoms with van der Waals surface area (Å²) < 4.78 is 5.19. The average Bonchev–Trinajstić information content (AvgIpc) is 2.74. The minimum atomic E-state index is 0.0430. The van der Waals surface area contributed by atoms with Crippen molar-refractivity contribution < 1.29 is 9.53 Å². The molecule has 0 aromatic heterocycles. The summed E-state index contributed by atoms with van der Waals surface area (Å²) in [4.78, 5) is 17.0. The lowest BCUT2D eigenvalue weighted by molar-refractivity contribution is -0.116. The molecule has 0 saturated carbocycles. The van der Waals surface area contributed by atoms with Gasteiger partial charge in [0, 0.05) is 57.4 Å². The molecule has 5 heteroatoms. The number of ether oxygens (including phenoxy) is 1. The first-order valence-corrected chi connectivity index (χ1v) is 9.83. The molecule has 1 aliphatic heterocycles. The number of nitrogens with one attached hydrogen (secondary N) is 1. The molecule has 0 radical (unpaired) electrons. The van der Waals surface area contributed by atoms with Gasteiger partial charge in [-0.15, -0.1) is 0 Å². The van der Waals surface area contributed by atoms with Crippen molar-refractivity contribution in [2.24, 2.45) is 0 Å². The Morgan fingerprint density at radius 2 is 1.79 bits per heavy atom. The molecule has 0 bridgehead atoms. The molecule has 0 spiro atoms. The predicted octanol–water partition coefficient (Wildman–Crippen LogP) is 3.35. The quantitative estimate of drug-likeness (QED) is 0.764. The van der Waals surface area contributed by atoms with E-state index in [1.54, 1.807) is 7.11 Å². The highest BCUT2D eigenvalue weighted by Gasteiger charge is 2.16. The number of nitrogens with zero attached hydrogens (tertiary/aromatic N) is 2. The Morgan fingerprint density at radius 3 is 2.54 bits per heavy atom. The zero-order valence-electron chi connectivity index (χ0n) is 16.5. The van der Waals surface area contributed by atoms with Crippen molar-refractivity contribution in [1.29, 1.82) is 0 Å². The lowest BCUT2D eigenvalue weighted by atomic mass is 10.2. The van der Waals surface area contributed by atoms with Crippen molar-refractivity contribution in [2.45, 2.75) is 6.42 Å². The van der Waals surface area contributed by atoms with Gasteiger partial charge in [-0.2, -0.15) is 0 Å². The summed E-state index contributed by atoms with van der Waals surface area (Å²) in [5, 5.41) is 2.94. The highest BCUT2D eigenvalue weighted by molar-refractivity contribution is 5.91. The van der Waals surface area contributed by atoms with Gasteiger partial charge in [0.05, 0.1) is 7.11 Å². The van der Waals surface area contributed by atoms with E-state index in [0.717, 1.165) is 50.7 Å². The molecule has 28 heavy (non-hydrogen) atoms. The highest BCUT2D eigenvalue weighted by Crippen LogP contribution is 2.16. The first kappa shape index (κ1) is 20.1. The van der Waals surface area contributed by atoms with E-state index in [0.29, 0.717) is 6.42 Å². The fourth-order valence-corrected chi connectivity index (χ4v) is 3.28. The SMILES string of the molecule is COc1cccc(NC(=O)CCN2CCN(CC=Cc3ccccc3)CC2)c1. The lowest BCUT2D eigenvalue weighted by Gasteiger charge is -2.34. The van der Waals surface area contributed by atoms with Crippen LogP contribution in [-0.2, 0) is 4.79 Å². The van der Waals surface area contributed by atoms with Crippen LogP contribution in [0.5, 0.6) is 5.75 Å². The van der Waals surface area contributed by atoms with Crippen LogP contribution >= 0.6 is 0 Å². The largest absolute Gasteiger partial charge is 0.497 e. The number of hydrogen-bond acceptors (Lipinski definition) is 4. The van der Waals surface area contributed by atoms with Gasteiger partial charge in [-0.1, -0.05) is 48.6 Å². The average molecular weight is 380 g/mol. The fraction of sp³-hybridized carbons (Fsp3) is 0.348.